The molecule has 152 valence electrons. The lowest BCUT2D eigenvalue weighted by Gasteiger charge is -2.13. The van der Waals surface area contributed by atoms with E-state index in [9.17, 15) is 9.90 Å². The van der Waals surface area contributed by atoms with Crippen molar-refractivity contribution in [1.29, 1.82) is 0 Å². The number of aromatic nitrogens is 2. The molecule has 0 aliphatic rings. The maximum absolute atomic E-state index is 12.6. The molecule has 0 fully saturated rings. The van der Waals surface area contributed by atoms with Crippen molar-refractivity contribution >= 4 is 27.7 Å². The Labute approximate surface area is 179 Å². The number of amides is 1. The summed E-state index contributed by atoms with van der Waals surface area (Å²) in [5, 5.41) is 15.5. The fourth-order valence-electron chi connectivity index (χ4n) is 3.76. The highest BCUT2D eigenvalue weighted by molar-refractivity contribution is 5.94. The fourth-order valence-corrected chi connectivity index (χ4v) is 3.76. The minimum Gasteiger partial charge on any atom is -0.387 e. The van der Waals surface area contributed by atoms with Gasteiger partial charge in [-0.05, 0) is 58.8 Å². The Morgan fingerprint density at radius 1 is 0.903 bits per heavy atom. The van der Waals surface area contributed by atoms with Crippen molar-refractivity contribution in [2.24, 2.45) is 0 Å². The van der Waals surface area contributed by atoms with Gasteiger partial charge in [0.15, 0.2) is 0 Å². The Balaban J connectivity index is 1.27. The highest BCUT2D eigenvalue weighted by Crippen LogP contribution is 2.21. The Morgan fingerprint density at radius 2 is 1.65 bits per heavy atom. The molecule has 1 unspecified atom stereocenters. The summed E-state index contributed by atoms with van der Waals surface area (Å²) in [4.78, 5) is 17.0. The van der Waals surface area contributed by atoms with Gasteiger partial charge in [0, 0.05) is 17.8 Å². The summed E-state index contributed by atoms with van der Waals surface area (Å²) in [5.41, 5.74) is 4.19. The summed E-state index contributed by atoms with van der Waals surface area (Å²) < 4.78 is 1.99. The normalized spacial score (nSPS) is 12.2. The summed E-state index contributed by atoms with van der Waals surface area (Å²) in [7, 11) is 0. The first kappa shape index (κ1) is 19.0. The third kappa shape index (κ3) is 3.79. The first-order chi connectivity index (χ1) is 15.2. The number of hydrogen-bond donors (Lipinski definition) is 2. The van der Waals surface area contributed by atoms with Crippen molar-refractivity contribution in [2.75, 3.05) is 6.54 Å². The molecule has 1 atom stereocenters. The fraction of sp³-hybridized carbons (Fsp3) is 0.0769. The summed E-state index contributed by atoms with van der Waals surface area (Å²) in [6.07, 6.45) is 1.00. The summed E-state index contributed by atoms with van der Waals surface area (Å²) in [6.45, 7) is 0.144. The van der Waals surface area contributed by atoms with Crippen LogP contribution in [0.5, 0.6) is 0 Å². The van der Waals surface area contributed by atoms with Gasteiger partial charge >= 0.3 is 0 Å². The van der Waals surface area contributed by atoms with Crippen LogP contribution in [0.3, 0.4) is 0 Å². The third-order valence-electron chi connectivity index (χ3n) is 5.48. The highest BCUT2D eigenvalue weighted by atomic mass is 16.3. The number of benzene rings is 4. The molecule has 0 bridgehead atoms. The van der Waals surface area contributed by atoms with E-state index in [1.165, 1.54) is 0 Å². The smallest absolute Gasteiger partial charge is 0.251 e. The number of carbonyl (C=O) groups is 1. The molecular weight excluding hydrogens is 386 g/mol. The van der Waals surface area contributed by atoms with Gasteiger partial charge in [-0.15, -0.1) is 0 Å². The Hall–Kier alpha value is -3.96. The van der Waals surface area contributed by atoms with Crippen LogP contribution in [0, 0.1) is 0 Å². The van der Waals surface area contributed by atoms with Crippen LogP contribution in [0.1, 0.15) is 22.0 Å². The molecule has 0 spiro atoms. The average molecular weight is 407 g/mol. The van der Waals surface area contributed by atoms with Gasteiger partial charge in [-0.25, -0.2) is 4.98 Å². The lowest BCUT2D eigenvalue weighted by Crippen LogP contribution is -2.28. The zero-order chi connectivity index (χ0) is 21.2. The summed E-state index contributed by atoms with van der Waals surface area (Å²) in [5.74, 6) is -0.220. The number of aliphatic hydroxyl groups excluding tert-OH is 1. The number of nitrogens with zero attached hydrogens (tertiary/aromatic N) is 2. The number of rotatable bonds is 5. The number of carbonyl (C=O) groups excluding carboxylic acids is 1. The van der Waals surface area contributed by atoms with Crippen molar-refractivity contribution in [3.63, 3.8) is 0 Å². The van der Waals surface area contributed by atoms with Crippen molar-refractivity contribution < 1.29 is 9.90 Å². The quantitative estimate of drug-likeness (QED) is 0.446. The maximum atomic E-state index is 12.6. The van der Waals surface area contributed by atoms with Gasteiger partial charge in [-0.1, -0.05) is 48.5 Å². The molecule has 1 aromatic heterocycles. The largest absolute Gasteiger partial charge is 0.387 e. The zero-order valence-corrected chi connectivity index (χ0v) is 16.8. The van der Waals surface area contributed by atoms with Crippen LogP contribution in [-0.2, 0) is 0 Å². The van der Waals surface area contributed by atoms with Crippen LogP contribution in [-0.4, -0.2) is 27.1 Å². The summed E-state index contributed by atoms with van der Waals surface area (Å²) >= 11 is 0. The first-order valence-electron chi connectivity index (χ1n) is 10.2. The molecule has 1 heterocycles. The van der Waals surface area contributed by atoms with E-state index in [-0.39, 0.29) is 12.5 Å². The zero-order valence-electron chi connectivity index (χ0n) is 16.8. The Bertz CT molecular complexity index is 1370. The summed E-state index contributed by atoms with van der Waals surface area (Å²) in [6, 6.07) is 29.1. The lowest BCUT2D eigenvalue weighted by molar-refractivity contribution is 0.0916. The van der Waals surface area contributed by atoms with Crippen LogP contribution in [0.4, 0.5) is 0 Å². The minimum atomic E-state index is -0.773. The van der Waals surface area contributed by atoms with Gasteiger partial charge in [-0.2, -0.15) is 0 Å². The molecule has 4 aromatic carbocycles. The number of imidazole rings is 1. The second kappa shape index (κ2) is 8.05. The molecule has 0 saturated carbocycles. The van der Waals surface area contributed by atoms with Crippen LogP contribution in [0.25, 0.3) is 27.5 Å². The Morgan fingerprint density at radius 3 is 2.48 bits per heavy atom. The minimum absolute atomic E-state index is 0.144. The molecule has 2 N–H and O–H groups in total. The number of nitrogens with one attached hydrogen (secondary N) is 1. The lowest BCUT2D eigenvalue weighted by atomic mass is 10.0. The number of fused-ring (bicyclic) bond motifs is 2. The van der Waals surface area contributed by atoms with Crippen molar-refractivity contribution in [3.8, 4) is 5.69 Å². The van der Waals surface area contributed by atoms with Crippen LogP contribution >= 0.6 is 0 Å². The van der Waals surface area contributed by atoms with Crippen molar-refractivity contribution in [1.82, 2.24) is 14.9 Å². The number of para-hydroxylation sites is 2. The second-order valence-electron chi connectivity index (χ2n) is 7.48. The highest BCUT2D eigenvalue weighted by Gasteiger charge is 2.12. The van der Waals surface area contributed by atoms with Crippen LogP contribution in [0.2, 0.25) is 0 Å². The third-order valence-corrected chi connectivity index (χ3v) is 5.48. The van der Waals surface area contributed by atoms with Gasteiger partial charge in [0.25, 0.3) is 5.91 Å². The van der Waals surface area contributed by atoms with Gasteiger partial charge < -0.3 is 10.4 Å². The predicted octanol–water partition coefficient (Wildman–Crippen LogP) is 4.64. The van der Waals surface area contributed by atoms with Crippen molar-refractivity contribution in [2.45, 2.75) is 6.10 Å². The SMILES string of the molecule is O=C(NCC(O)c1ccc2ccccc2c1)c1ccc(-n2cnc3ccccc32)cc1. The second-order valence-corrected chi connectivity index (χ2v) is 7.48. The van der Waals surface area contributed by atoms with Gasteiger partial charge in [0.2, 0.25) is 0 Å². The molecule has 5 nitrogen and oxygen atoms in total. The molecule has 0 aliphatic carbocycles. The van der Waals surface area contributed by atoms with E-state index in [0.29, 0.717) is 5.56 Å². The van der Waals surface area contributed by atoms with E-state index in [2.05, 4.69) is 10.3 Å². The Kier molecular flexibility index (Phi) is 4.94. The molecule has 31 heavy (non-hydrogen) atoms. The topological polar surface area (TPSA) is 67.2 Å². The van der Waals surface area contributed by atoms with E-state index in [4.69, 9.17) is 0 Å². The van der Waals surface area contributed by atoms with E-state index in [1.54, 1.807) is 18.5 Å². The van der Waals surface area contributed by atoms with Gasteiger partial charge in [0.1, 0.15) is 6.33 Å². The van der Waals surface area contributed by atoms with E-state index in [0.717, 1.165) is 33.1 Å². The molecule has 1 amide bonds. The average Bonchev–Trinajstić information content (AvgIpc) is 3.26. The monoisotopic (exact) mass is 407 g/mol. The molecular formula is C26H21N3O2. The van der Waals surface area contributed by atoms with E-state index < -0.39 is 6.10 Å². The molecule has 0 aliphatic heterocycles. The number of aliphatic hydroxyl groups is 1. The molecule has 5 rings (SSSR count). The van der Waals surface area contributed by atoms with Crippen LogP contribution < -0.4 is 5.32 Å². The van der Waals surface area contributed by atoms with E-state index >= 15 is 0 Å². The molecule has 5 aromatic rings. The van der Waals surface area contributed by atoms with Crippen molar-refractivity contribution in [3.05, 3.63) is 108 Å². The van der Waals surface area contributed by atoms with Gasteiger partial charge in [0.05, 0.1) is 17.1 Å². The maximum Gasteiger partial charge on any atom is 0.251 e. The molecule has 0 radical (unpaired) electrons. The standard InChI is InChI=1S/C26H21N3O2/c30-25(21-10-9-18-5-1-2-6-20(18)15-21)16-27-26(31)19-11-13-22(14-12-19)29-17-28-23-7-3-4-8-24(23)29/h1-15,17,25,30H,16H2,(H,27,31). The molecule has 5 heteroatoms. The van der Waals surface area contributed by atoms with E-state index in [1.807, 2.05) is 83.4 Å². The predicted molar refractivity (Wildman–Crippen MR) is 122 cm³/mol. The van der Waals surface area contributed by atoms with Gasteiger partial charge in [-0.3, -0.25) is 9.36 Å². The first-order valence-corrected chi connectivity index (χ1v) is 10.2. The van der Waals surface area contributed by atoms with Crippen LogP contribution in [0.15, 0.2) is 97.3 Å². The molecule has 0 saturated heterocycles. The number of hydrogen-bond acceptors (Lipinski definition) is 3.